The first kappa shape index (κ1) is 46.3. The molecule has 1 aliphatic heterocycles. The van der Waals surface area contributed by atoms with Crippen molar-refractivity contribution in [3.05, 3.63) is 95.3 Å². The van der Waals surface area contributed by atoms with Gasteiger partial charge in [0.15, 0.2) is 0 Å². The van der Waals surface area contributed by atoms with E-state index in [0.717, 1.165) is 68.2 Å². The lowest BCUT2D eigenvalue weighted by Gasteiger charge is -2.48. The zero-order valence-corrected chi connectivity index (χ0v) is 33.8. The fourth-order valence-electron chi connectivity index (χ4n) is 7.36. The first-order valence-electron chi connectivity index (χ1n) is 20.6. The molecule has 1 fully saturated rings. The van der Waals surface area contributed by atoms with E-state index < -0.39 is 36.9 Å². The smallest absolute Gasteiger partial charge is 0.233 e. The first-order valence-corrected chi connectivity index (χ1v) is 20.6. The Hall–Kier alpha value is -4.40. The zero-order chi connectivity index (χ0) is 42.0. The standard InChI is InChI=1S/C45H62FN3O9/c1-30(40(53)29-50)44(56)39(52)28-48-42(55)12-10-8-6-4-3-5-7-9-11-41(54)47-27-31-13-21-35(22-14-31)49-43(33-17-23-36(58-2)24-18-33)37(45(49)57)25-26-38(51)32-15-19-34(46)20-16-32/h13-24,30,37-40,43-44,50-53,56H,3-12,25-29H2,1-2H3,(H,47,54)(H,48,55)/t30-,37-,38+,39+,40-,43-,44+/m1/s1. The van der Waals surface area contributed by atoms with Crippen LogP contribution in [0.1, 0.15) is 113 Å². The van der Waals surface area contributed by atoms with Gasteiger partial charge in [-0.3, -0.25) is 14.4 Å². The Labute approximate surface area is 341 Å². The predicted molar refractivity (Wildman–Crippen MR) is 219 cm³/mol. The lowest BCUT2D eigenvalue weighted by molar-refractivity contribution is -0.131. The van der Waals surface area contributed by atoms with Crippen LogP contribution in [0, 0.1) is 17.7 Å². The number of anilines is 1. The number of nitrogens with zero attached hydrogens (tertiary/aromatic N) is 1. The highest BCUT2D eigenvalue weighted by Crippen LogP contribution is 2.46. The lowest BCUT2D eigenvalue weighted by atomic mass is 9.78. The molecule has 3 amide bonds. The summed E-state index contributed by atoms with van der Waals surface area (Å²) >= 11 is 0. The number of methoxy groups -OCH3 is 1. The topological polar surface area (TPSA) is 189 Å². The van der Waals surface area contributed by atoms with E-state index in [9.17, 15) is 39.2 Å². The van der Waals surface area contributed by atoms with E-state index in [0.29, 0.717) is 43.5 Å². The van der Waals surface area contributed by atoms with Crippen LogP contribution in [-0.2, 0) is 20.9 Å². The summed E-state index contributed by atoms with van der Waals surface area (Å²) in [5.74, 6) is -0.976. The summed E-state index contributed by atoms with van der Waals surface area (Å²) in [5, 5.41) is 55.1. The SMILES string of the molecule is COc1ccc([C@@H]2[C@@H](CC[C@H](O)c3ccc(F)cc3)C(=O)N2c2ccc(CNC(=O)CCCCCCCCCCC(=O)NC[C@H](O)[C@@H](O)[C@H](C)[C@H](O)CO)cc2)cc1. The van der Waals surface area contributed by atoms with Gasteiger partial charge in [0.25, 0.3) is 0 Å². The van der Waals surface area contributed by atoms with E-state index in [1.807, 2.05) is 48.5 Å². The van der Waals surface area contributed by atoms with Crippen LogP contribution in [0.3, 0.4) is 0 Å². The number of unbranched alkanes of at least 4 members (excludes halogenated alkanes) is 7. The van der Waals surface area contributed by atoms with Crippen molar-refractivity contribution in [1.29, 1.82) is 0 Å². The van der Waals surface area contributed by atoms with Crippen LogP contribution in [-0.4, -0.2) is 81.8 Å². The number of rotatable bonds is 26. The van der Waals surface area contributed by atoms with Crippen LogP contribution in [0.4, 0.5) is 10.1 Å². The Kier molecular flexibility index (Phi) is 19.1. The summed E-state index contributed by atoms with van der Waals surface area (Å²) in [4.78, 5) is 40.0. The van der Waals surface area contributed by atoms with Crippen molar-refractivity contribution in [3.63, 3.8) is 0 Å². The number of ether oxygens (including phenoxy) is 1. The molecule has 0 spiro atoms. The van der Waals surface area contributed by atoms with Gasteiger partial charge in [0.1, 0.15) is 11.6 Å². The van der Waals surface area contributed by atoms with Crippen molar-refractivity contribution >= 4 is 23.4 Å². The second-order valence-corrected chi connectivity index (χ2v) is 15.4. The molecule has 58 heavy (non-hydrogen) atoms. The molecule has 318 valence electrons. The molecule has 0 saturated carbocycles. The van der Waals surface area contributed by atoms with Crippen LogP contribution < -0.4 is 20.3 Å². The van der Waals surface area contributed by atoms with Gasteiger partial charge in [-0.15, -0.1) is 0 Å². The van der Waals surface area contributed by atoms with Gasteiger partial charge in [-0.1, -0.05) is 81.8 Å². The molecule has 7 atom stereocenters. The van der Waals surface area contributed by atoms with Crippen molar-refractivity contribution < 1.29 is 49.0 Å². The third-order valence-corrected chi connectivity index (χ3v) is 11.2. The Balaban J connectivity index is 1.10. The van der Waals surface area contributed by atoms with Crippen molar-refractivity contribution in [1.82, 2.24) is 10.6 Å². The van der Waals surface area contributed by atoms with E-state index in [2.05, 4.69) is 10.6 Å². The Morgan fingerprint density at radius 1 is 0.776 bits per heavy atom. The molecule has 0 bridgehead atoms. The molecule has 13 heteroatoms. The molecule has 1 aliphatic rings. The maximum atomic E-state index is 13.6. The molecular weight excluding hydrogens is 746 g/mol. The summed E-state index contributed by atoms with van der Waals surface area (Å²) in [5.41, 5.74) is 3.24. The van der Waals surface area contributed by atoms with E-state index >= 15 is 0 Å². The summed E-state index contributed by atoms with van der Waals surface area (Å²) in [6.45, 7) is 1.26. The highest BCUT2D eigenvalue weighted by atomic mass is 19.1. The number of benzene rings is 3. The number of halogens is 1. The second-order valence-electron chi connectivity index (χ2n) is 15.4. The third kappa shape index (κ3) is 13.9. The Morgan fingerprint density at radius 2 is 1.34 bits per heavy atom. The number of hydrogen-bond donors (Lipinski definition) is 7. The molecule has 7 N–H and O–H groups in total. The Bertz CT molecular complexity index is 1690. The normalized spacial score (nSPS) is 17.8. The minimum atomic E-state index is -1.26. The van der Waals surface area contributed by atoms with Gasteiger partial charge in [0.2, 0.25) is 17.7 Å². The summed E-state index contributed by atoms with van der Waals surface area (Å²) in [6.07, 6.45) is 4.65. The van der Waals surface area contributed by atoms with Gasteiger partial charge in [-0.2, -0.15) is 0 Å². The summed E-state index contributed by atoms with van der Waals surface area (Å²) in [6, 6.07) is 20.8. The van der Waals surface area contributed by atoms with Gasteiger partial charge in [-0.25, -0.2) is 4.39 Å². The molecule has 3 aromatic carbocycles. The highest BCUT2D eigenvalue weighted by molar-refractivity contribution is 6.03. The van der Waals surface area contributed by atoms with Crippen LogP contribution in [0.2, 0.25) is 0 Å². The average molecular weight is 808 g/mol. The molecule has 0 aliphatic carbocycles. The van der Waals surface area contributed by atoms with Gasteiger partial charge < -0.3 is 45.8 Å². The van der Waals surface area contributed by atoms with Crippen molar-refractivity contribution in [2.75, 3.05) is 25.2 Å². The van der Waals surface area contributed by atoms with Crippen LogP contribution >= 0.6 is 0 Å². The van der Waals surface area contributed by atoms with E-state index in [1.54, 1.807) is 24.1 Å². The maximum absolute atomic E-state index is 13.6. The van der Waals surface area contributed by atoms with Crippen molar-refractivity contribution in [2.45, 2.75) is 121 Å². The van der Waals surface area contributed by atoms with Crippen LogP contribution in [0.15, 0.2) is 72.8 Å². The average Bonchev–Trinajstić information content (AvgIpc) is 3.24. The van der Waals surface area contributed by atoms with E-state index in [4.69, 9.17) is 9.84 Å². The first-order chi connectivity index (χ1) is 27.9. The number of aliphatic hydroxyl groups is 5. The quantitative estimate of drug-likeness (QED) is 0.0412. The number of nitrogens with one attached hydrogen (secondary N) is 2. The molecular formula is C45H62FN3O9. The lowest BCUT2D eigenvalue weighted by Crippen LogP contribution is -2.55. The number of β-lactam (4-membered cyclic amide) rings is 1. The maximum Gasteiger partial charge on any atom is 0.233 e. The van der Waals surface area contributed by atoms with E-state index in [1.165, 1.54) is 19.1 Å². The molecule has 12 nitrogen and oxygen atoms in total. The molecule has 1 heterocycles. The fourth-order valence-corrected chi connectivity index (χ4v) is 7.36. The van der Waals surface area contributed by atoms with Crippen LogP contribution in [0.25, 0.3) is 0 Å². The number of aliphatic hydroxyl groups excluding tert-OH is 5. The van der Waals surface area contributed by atoms with Crippen molar-refractivity contribution in [2.24, 2.45) is 11.8 Å². The third-order valence-electron chi connectivity index (χ3n) is 11.2. The van der Waals surface area contributed by atoms with Crippen molar-refractivity contribution in [3.8, 4) is 5.75 Å². The minimum absolute atomic E-state index is 0.00944. The largest absolute Gasteiger partial charge is 0.497 e. The number of carbonyl (C=O) groups excluding carboxylic acids is 3. The minimum Gasteiger partial charge on any atom is -0.497 e. The molecule has 3 aromatic rings. The monoisotopic (exact) mass is 807 g/mol. The van der Waals surface area contributed by atoms with Gasteiger partial charge >= 0.3 is 0 Å². The number of carbonyl (C=O) groups is 3. The van der Waals surface area contributed by atoms with E-state index in [-0.39, 0.29) is 42.0 Å². The molecule has 1 saturated heterocycles. The molecule has 0 unspecified atom stereocenters. The second kappa shape index (κ2) is 23.9. The molecule has 0 aromatic heterocycles. The van der Waals surface area contributed by atoms with Gasteiger partial charge in [0.05, 0.1) is 50.1 Å². The highest BCUT2D eigenvalue weighted by Gasteiger charge is 2.48. The fraction of sp³-hybridized carbons (Fsp3) is 0.533. The molecule has 4 rings (SSSR count). The molecule has 0 radical (unpaired) electrons. The number of amides is 3. The Morgan fingerprint density at radius 3 is 1.91 bits per heavy atom. The van der Waals surface area contributed by atoms with Gasteiger partial charge in [0, 0.05) is 37.5 Å². The number of hydrogen-bond acceptors (Lipinski definition) is 9. The summed E-state index contributed by atoms with van der Waals surface area (Å²) < 4.78 is 18.7. The summed E-state index contributed by atoms with van der Waals surface area (Å²) in [7, 11) is 1.60. The van der Waals surface area contributed by atoms with Crippen LogP contribution in [0.5, 0.6) is 5.75 Å². The predicted octanol–water partition coefficient (Wildman–Crippen LogP) is 5.40. The van der Waals surface area contributed by atoms with Gasteiger partial charge in [-0.05, 0) is 78.8 Å². The zero-order valence-electron chi connectivity index (χ0n) is 33.8.